The molecule has 0 heterocycles. The van der Waals surface area contributed by atoms with Gasteiger partial charge in [0.1, 0.15) is 5.84 Å². The van der Waals surface area contributed by atoms with E-state index in [1.807, 2.05) is 30.3 Å². The Hall–Kier alpha value is -2.56. The molecule has 3 rings (SSSR count). The smallest absolute Gasteiger partial charge is 0.229 e. The Morgan fingerprint density at radius 2 is 1.88 bits per heavy atom. The van der Waals surface area contributed by atoms with E-state index in [-0.39, 0.29) is 23.7 Å². The highest BCUT2D eigenvalue weighted by Gasteiger charge is 2.23. The number of carbonyl (C=O) groups is 1. The monoisotopic (exact) mass is 342 g/mol. The molecule has 0 atom stereocenters. The number of hydrogen-bond acceptors (Lipinski definition) is 2. The normalized spacial score (nSPS) is 14.4. The molecular weight excluding hydrogens is 322 g/mol. The lowest BCUT2D eigenvalue weighted by atomic mass is 10.1. The van der Waals surface area contributed by atoms with Crippen LogP contribution in [0.15, 0.2) is 47.5 Å². The van der Waals surface area contributed by atoms with E-state index in [0.717, 1.165) is 24.5 Å². The van der Waals surface area contributed by atoms with Gasteiger partial charge in [0.25, 0.3) is 0 Å². The lowest BCUT2D eigenvalue weighted by Gasteiger charge is -2.13. The quantitative estimate of drug-likeness (QED) is 0.652. The first-order valence-corrected chi connectivity index (χ1v) is 8.38. The summed E-state index contributed by atoms with van der Waals surface area (Å²) in [5.41, 5.74) is 1.41. The highest BCUT2D eigenvalue weighted by atomic mass is 19.2. The van der Waals surface area contributed by atoms with E-state index in [4.69, 9.17) is 0 Å². The van der Waals surface area contributed by atoms with Crippen LogP contribution in [0.1, 0.15) is 29.5 Å². The van der Waals surface area contributed by atoms with E-state index in [9.17, 15) is 13.6 Å². The van der Waals surface area contributed by atoms with E-state index in [1.54, 1.807) is 6.92 Å². The third-order valence-electron chi connectivity index (χ3n) is 4.21. The molecule has 1 amide bonds. The minimum atomic E-state index is -0.977. The van der Waals surface area contributed by atoms with Crippen molar-refractivity contribution in [3.8, 4) is 0 Å². The Morgan fingerprint density at radius 1 is 1.16 bits per heavy atom. The fraction of sp³-hybridized carbons (Fsp3) is 0.300. The Balaban J connectivity index is 1.84. The van der Waals surface area contributed by atoms with Gasteiger partial charge in [-0.25, -0.2) is 8.78 Å². The van der Waals surface area contributed by atoms with Crippen molar-refractivity contribution >= 4 is 11.7 Å². The SMILES string of the molecule is Cc1ccc(F)c(F)c1C(=NCC1CC1)NC(=O)Cc1ccccc1. The number of carbonyl (C=O) groups excluding carboxylic acids is 1. The molecule has 1 saturated carbocycles. The summed E-state index contributed by atoms with van der Waals surface area (Å²) in [5, 5.41) is 2.68. The summed E-state index contributed by atoms with van der Waals surface area (Å²) < 4.78 is 28.0. The average Bonchev–Trinajstić information content (AvgIpc) is 3.41. The van der Waals surface area contributed by atoms with Crippen molar-refractivity contribution in [3.05, 3.63) is 70.8 Å². The summed E-state index contributed by atoms with van der Waals surface area (Å²) in [6.07, 6.45) is 2.32. The zero-order valence-corrected chi connectivity index (χ0v) is 14.1. The average molecular weight is 342 g/mol. The molecule has 1 aliphatic carbocycles. The van der Waals surface area contributed by atoms with Gasteiger partial charge in [-0.3, -0.25) is 9.79 Å². The maximum atomic E-state index is 14.3. The standard InChI is InChI=1S/C20H20F2N2O/c1-13-7-10-16(21)19(22)18(13)20(23-12-15-8-9-15)24-17(25)11-14-5-3-2-4-6-14/h2-7,10,15H,8-9,11-12H2,1H3,(H,23,24,25). The van der Waals surface area contributed by atoms with Crippen molar-refractivity contribution in [1.29, 1.82) is 0 Å². The molecule has 2 aromatic carbocycles. The molecule has 0 aliphatic heterocycles. The maximum absolute atomic E-state index is 14.3. The summed E-state index contributed by atoms with van der Waals surface area (Å²) in [6.45, 7) is 2.18. The number of aliphatic imine (C=N–C) groups is 1. The minimum absolute atomic E-state index is 0.0297. The molecule has 1 aliphatic rings. The van der Waals surface area contributed by atoms with Crippen LogP contribution in [0.3, 0.4) is 0 Å². The number of benzene rings is 2. The first-order chi connectivity index (χ1) is 12.0. The number of nitrogens with one attached hydrogen (secondary N) is 1. The van der Waals surface area contributed by atoms with Crippen molar-refractivity contribution < 1.29 is 13.6 Å². The largest absolute Gasteiger partial charge is 0.310 e. The zero-order valence-electron chi connectivity index (χ0n) is 14.1. The van der Waals surface area contributed by atoms with Crippen molar-refractivity contribution in [2.75, 3.05) is 6.54 Å². The highest BCUT2D eigenvalue weighted by molar-refractivity contribution is 6.09. The molecular formula is C20H20F2N2O. The van der Waals surface area contributed by atoms with Gasteiger partial charge < -0.3 is 5.32 Å². The van der Waals surface area contributed by atoms with Crippen LogP contribution in [0, 0.1) is 24.5 Å². The molecule has 3 nitrogen and oxygen atoms in total. The number of hydrogen-bond donors (Lipinski definition) is 1. The van der Waals surface area contributed by atoms with Crippen LogP contribution >= 0.6 is 0 Å². The zero-order chi connectivity index (χ0) is 17.8. The number of amidine groups is 1. The van der Waals surface area contributed by atoms with Crippen LogP contribution < -0.4 is 5.32 Å². The summed E-state index contributed by atoms with van der Waals surface area (Å²) in [6, 6.07) is 11.8. The van der Waals surface area contributed by atoms with E-state index in [1.165, 1.54) is 6.07 Å². The van der Waals surface area contributed by atoms with Crippen LogP contribution in [0.4, 0.5) is 8.78 Å². The Bertz CT molecular complexity index is 799. The summed E-state index contributed by atoms with van der Waals surface area (Å²) in [4.78, 5) is 16.7. The molecule has 130 valence electrons. The fourth-order valence-corrected chi connectivity index (χ4v) is 2.60. The molecule has 0 unspecified atom stereocenters. The third kappa shape index (κ3) is 4.50. The first kappa shape index (κ1) is 17.3. The second-order valence-electron chi connectivity index (χ2n) is 6.40. The maximum Gasteiger partial charge on any atom is 0.229 e. The third-order valence-corrected chi connectivity index (χ3v) is 4.21. The van der Waals surface area contributed by atoms with E-state index in [0.29, 0.717) is 18.0 Å². The number of halogens is 2. The fourth-order valence-electron chi connectivity index (χ4n) is 2.60. The lowest BCUT2D eigenvalue weighted by Crippen LogP contribution is -2.34. The Kier molecular flexibility index (Phi) is 5.22. The van der Waals surface area contributed by atoms with Gasteiger partial charge in [-0.15, -0.1) is 0 Å². The van der Waals surface area contributed by atoms with E-state index < -0.39 is 11.6 Å². The predicted octanol–water partition coefficient (Wildman–Crippen LogP) is 3.79. The number of aryl methyl sites for hydroxylation is 1. The molecule has 2 aromatic rings. The van der Waals surface area contributed by atoms with Crippen LogP contribution in [0.2, 0.25) is 0 Å². The molecule has 25 heavy (non-hydrogen) atoms. The first-order valence-electron chi connectivity index (χ1n) is 8.38. The van der Waals surface area contributed by atoms with Gasteiger partial charge in [0.2, 0.25) is 5.91 Å². The van der Waals surface area contributed by atoms with Gasteiger partial charge in [0.15, 0.2) is 11.6 Å². The molecule has 0 spiro atoms. The van der Waals surface area contributed by atoms with Crippen LogP contribution in [-0.4, -0.2) is 18.3 Å². The Labute approximate surface area is 145 Å². The number of nitrogens with zero attached hydrogens (tertiary/aromatic N) is 1. The molecule has 1 fully saturated rings. The number of rotatable bonds is 5. The van der Waals surface area contributed by atoms with Gasteiger partial charge in [0, 0.05) is 6.54 Å². The molecule has 0 bridgehead atoms. The molecule has 0 radical (unpaired) electrons. The van der Waals surface area contributed by atoms with Gasteiger partial charge in [-0.1, -0.05) is 36.4 Å². The molecule has 1 N–H and O–H groups in total. The molecule has 0 saturated heterocycles. The van der Waals surface area contributed by atoms with Crippen LogP contribution in [0.25, 0.3) is 0 Å². The van der Waals surface area contributed by atoms with Crippen LogP contribution in [-0.2, 0) is 11.2 Å². The highest BCUT2D eigenvalue weighted by Crippen LogP contribution is 2.29. The minimum Gasteiger partial charge on any atom is -0.310 e. The second-order valence-corrected chi connectivity index (χ2v) is 6.40. The topological polar surface area (TPSA) is 41.5 Å². The molecule has 0 aromatic heterocycles. The van der Waals surface area contributed by atoms with Gasteiger partial charge in [-0.05, 0) is 42.9 Å². The van der Waals surface area contributed by atoms with Gasteiger partial charge >= 0.3 is 0 Å². The predicted molar refractivity (Wildman–Crippen MR) is 93.5 cm³/mol. The van der Waals surface area contributed by atoms with Crippen molar-refractivity contribution in [2.45, 2.75) is 26.2 Å². The summed E-state index contributed by atoms with van der Waals surface area (Å²) in [7, 11) is 0. The van der Waals surface area contributed by atoms with Gasteiger partial charge in [0.05, 0.1) is 12.0 Å². The second kappa shape index (κ2) is 7.55. The van der Waals surface area contributed by atoms with Crippen molar-refractivity contribution in [1.82, 2.24) is 5.32 Å². The number of amides is 1. The molecule has 5 heteroatoms. The van der Waals surface area contributed by atoms with Gasteiger partial charge in [-0.2, -0.15) is 0 Å². The van der Waals surface area contributed by atoms with Crippen LogP contribution in [0.5, 0.6) is 0 Å². The van der Waals surface area contributed by atoms with Crippen molar-refractivity contribution in [2.24, 2.45) is 10.9 Å². The Morgan fingerprint density at radius 3 is 2.56 bits per heavy atom. The summed E-state index contributed by atoms with van der Waals surface area (Å²) in [5.74, 6) is -1.64. The van der Waals surface area contributed by atoms with E-state index >= 15 is 0 Å². The lowest BCUT2D eigenvalue weighted by molar-refractivity contribution is -0.119. The summed E-state index contributed by atoms with van der Waals surface area (Å²) >= 11 is 0. The van der Waals surface area contributed by atoms with E-state index in [2.05, 4.69) is 10.3 Å². The van der Waals surface area contributed by atoms with Crippen molar-refractivity contribution in [3.63, 3.8) is 0 Å².